The van der Waals surface area contributed by atoms with Crippen LogP contribution in [-0.2, 0) is 9.53 Å². The Hall–Kier alpha value is -0.610. The highest BCUT2D eigenvalue weighted by atomic mass is 16.5. The van der Waals surface area contributed by atoms with E-state index >= 15 is 0 Å². The van der Waals surface area contributed by atoms with Crippen molar-refractivity contribution >= 4 is 5.91 Å². The van der Waals surface area contributed by atoms with Crippen LogP contribution in [0.3, 0.4) is 0 Å². The van der Waals surface area contributed by atoms with E-state index in [4.69, 9.17) is 10.5 Å². The van der Waals surface area contributed by atoms with Crippen molar-refractivity contribution in [1.29, 1.82) is 0 Å². The molecule has 4 nitrogen and oxygen atoms in total. The maximum atomic E-state index is 11.4. The van der Waals surface area contributed by atoms with Crippen molar-refractivity contribution in [3.05, 3.63) is 0 Å². The monoisotopic (exact) mass is 228 g/mol. The number of rotatable bonds is 6. The van der Waals surface area contributed by atoms with E-state index in [1.807, 2.05) is 6.92 Å². The van der Waals surface area contributed by atoms with Gasteiger partial charge >= 0.3 is 0 Å². The summed E-state index contributed by atoms with van der Waals surface area (Å²) in [4.78, 5) is 11.4. The van der Waals surface area contributed by atoms with Gasteiger partial charge < -0.3 is 15.8 Å². The van der Waals surface area contributed by atoms with Crippen molar-refractivity contribution < 1.29 is 9.53 Å². The van der Waals surface area contributed by atoms with Crippen molar-refractivity contribution in [2.45, 2.75) is 45.1 Å². The Morgan fingerprint density at radius 1 is 1.38 bits per heavy atom. The van der Waals surface area contributed by atoms with E-state index in [0.717, 1.165) is 38.6 Å². The quantitative estimate of drug-likeness (QED) is 0.668. The number of carbonyl (C=O) groups excluding carboxylic acids is 1. The third-order valence-electron chi connectivity index (χ3n) is 3.06. The Balaban J connectivity index is 2.03. The second kappa shape index (κ2) is 7.63. The molecule has 1 fully saturated rings. The minimum Gasteiger partial charge on any atom is -0.372 e. The molecule has 1 amide bonds. The van der Waals surface area contributed by atoms with E-state index in [1.165, 1.54) is 0 Å². The maximum absolute atomic E-state index is 11.4. The first-order valence-electron chi connectivity index (χ1n) is 6.32. The van der Waals surface area contributed by atoms with E-state index in [0.29, 0.717) is 18.6 Å². The summed E-state index contributed by atoms with van der Waals surface area (Å²) in [5.74, 6) is 0.609. The largest absolute Gasteiger partial charge is 0.372 e. The highest BCUT2D eigenvalue weighted by molar-refractivity contribution is 5.77. The van der Waals surface area contributed by atoms with Gasteiger partial charge in [-0.15, -0.1) is 0 Å². The van der Waals surface area contributed by atoms with Crippen molar-refractivity contribution in [2.75, 3.05) is 19.8 Å². The van der Waals surface area contributed by atoms with Gasteiger partial charge in [-0.2, -0.15) is 0 Å². The van der Waals surface area contributed by atoms with Gasteiger partial charge in [-0.1, -0.05) is 6.92 Å². The summed E-state index contributed by atoms with van der Waals surface area (Å²) in [5, 5.41) is 2.92. The Morgan fingerprint density at radius 2 is 2.06 bits per heavy atom. The molecule has 4 heteroatoms. The molecule has 0 radical (unpaired) electrons. The molecule has 3 N–H and O–H groups in total. The average Bonchev–Trinajstić information content (AvgIpc) is 2.29. The number of ether oxygens (including phenoxy) is 1. The first kappa shape index (κ1) is 13.5. The standard InChI is InChI=1S/C12H24N2O2/c1-2-7-16-9-12(15)14-8-10-3-5-11(13)6-4-10/h10-11H,2-9,13H2,1H3,(H,14,15). The predicted octanol–water partition coefficient (Wildman–Crippen LogP) is 1.05. The Bertz CT molecular complexity index is 201. The zero-order valence-corrected chi connectivity index (χ0v) is 10.2. The van der Waals surface area contributed by atoms with Gasteiger partial charge in [-0.25, -0.2) is 0 Å². The van der Waals surface area contributed by atoms with Crippen molar-refractivity contribution in [3.8, 4) is 0 Å². The molecule has 1 saturated carbocycles. The molecule has 0 spiro atoms. The van der Waals surface area contributed by atoms with Gasteiger partial charge in [0.05, 0.1) is 0 Å². The molecule has 0 atom stereocenters. The van der Waals surface area contributed by atoms with Gasteiger partial charge in [0, 0.05) is 19.2 Å². The van der Waals surface area contributed by atoms with Crippen LogP contribution in [0.5, 0.6) is 0 Å². The highest BCUT2D eigenvalue weighted by Crippen LogP contribution is 2.22. The SMILES string of the molecule is CCCOCC(=O)NCC1CCC(N)CC1. The van der Waals surface area contributed by atoms with Crippen LogP contribution in [0.2, 0.25) is 0 Å². The molecule has 16 heavy (non-hydrogen) atoms. The van der Waals surface area contributed by atoms with Crippen LogP contribution in [-0.4, -0.2) is 31.7 Å². The molecule has 0 aromatic rings. The first-order chi connectivity index (χ1) is 7.72. The van der Waals surface area contributed by atoms with Gasteiger partial charge in [0.2, 0.25) is 5.91 Å². The molecule has 0 saturated heterocycles. The molecule has 94 valence electrons. The average molecular weight is 228 g/mol. The fourth-order valence-corrected chi connectivity index (χ4v) is 2.01. The third-order valence-corrected chi connectivity index (χ3v) is 3.06. The van der Waals surface area contributed by atoms with E-state index in [9.17, 15) is 4.79 Å². The fraction of sp³-hybridized carbons (Fsp3) is 0.917. The van der Waals surface area contributed by atoms with Gasteiger partial charge in [0.15, 0.2) is 0 Å². The van der Waals surface area contributed by atoms with Crippen LogP contribution in [0.15, 0.2) is 0 Å². The summed E-state index contributed by atoms with van der Waals surface area (Å²) in [6.45, 7) is 3.66. The molecule has 1 aliphatic carbocycles. The number of carbonyl (C=O) groups is 1. The topological polar surface area (TPSA) is 64.3 Å². The molecular weight excluding hydrogens is 204 g/mol. The highest BCUT2D eigenvalue weighted by Gasteiger charge is 2.18. The summed E-state index contributed by atoms with van der Waals surface area (Å²) < 4.78 is 5.17. The lowest BCUT2D eigenvalue weighted by atomic mass is 9.86. The zero-order valence-electron chi connectivity index (χ0n) is 10.2. The van der Waals surface area contributed by atoms with E-state index in [2.05, 4.69) is 5.32 Å². The Kier molecular flexibility index (Phi) is 6.42. The molecule has 1 aliphatic rings. The minimum absolute atomic E-state index is 0.00308. The van der Waals surface area contributed by atoms with Crippen molar-refractivity contribution in [3.63, 3.8) is 0 Å². The van der Waals surface area contributed by atoms with Crippen LogP contribution in [0.25, 0.3) is 0 Å². The Morgan fingerprint density at radius 3 is 2.69 bits per heavy atom. The number of nitrogens with one attached hydrogen (secondary N) is 1. The van der Waals surface area contributed by atoms with Crippen LogP contribution < -0.4 is 11.1 Å². The molecule has 0 aromatic heterocycles. The molecule has 0 aliphatic heterocycles. The Labute approximate surface area is 97.9 Å². The number of nitrogens with two attached hydrogens (primary N) is 1. The van der Waals surface area contributed by atoms with E-state index in [-0.39, 0.29) is 12.5 Å². The maximum Gasteiger partial charge on any atom is 0.246 e. The minimum atomic E-state index is 0.00308. The normalized spacial score (nSPS) is 25.4. The number of amides is 1. The second-order valence-electron chi connectivity index (χ2n) is 4.64. The summed E-state index contributed by atoms with van der Waals surface area (Å²) in [7, 11) is 0. The predicted molar refractivity (Wildman–Crippen MR) is 64.1 cm³/mol. The van der Waals surface area contributed by atoms with Crippen molar-refractivity contribution in [1.82, 2.24) is 5.32 Å². The van der Waals surface area contributed by atoms with E-state index < -0.39 is 0 Å². The smallest absolute Gasteiger partial charge is 0.246 e. The summed E-state index contributed by atoms with van der Waals surface area (Å²) in [5.41, 5.74) is 5.83. The van der Waals surface area contributed by atoms with Crippen molar-refractivity contribution in [2.24, 2.45) is 11.7 Å². The molecule has 1 rings (SSSR count). The first-order valence-corrected chi connectivity index (χ1v) is 6.32. The molecule has 0 unspecified atom stereocenters. The van der Waals surface area contributed by atoms with E-state index in [1.54, 1.807) is 0 Å². The number of hydrogen-bond acceptors (Lipinski definition) is 3. The number of hydrogen-bond donors (Lipinski definition) is 2. The zero-order chi connectivity index (χ0) is 11.8. The lowest BCUT2D eigenvalue weighted by Gasteiger charge is -2.26. The molecule has 0 bridgehead atoms. The van der Waals surface area contributed by atoms with Crippen LogP contribution in [0.4, 0.5) is 0 Å². The van der Waals surface area contributed by atoms with Gasteiger partial charge in [-0.3, -0.25) is 4.79 Å². The summed E-state index contributed by atoms with van der Waals surface area (Å²) >= 11 is 0. The fourth-order valence-electron chi connectivity index (χ4n) is 2.01. The molecule has 0 aromatic carbocycles. The van der Waals surface area contributed by atoms with Crippen LogP contribution >= 0.6 is 0 Å². The lowest BCUT2D eigenvalue weighted by molar-refractivity contribution is -0.125. The second-order valence-corrected chi connectivity index (χ2v) is 4.64. The van der Waals surface area contributed by atoms with Gasteiger partial charge in [0.1, 0.15) is 6.61 Å². The lowest BCUT2D eigenvalue weighted by Crippen LogP contribution is -2.35. The van der Waals surface area contributed by atoms with Crippen LogP contribution in [0, 0.1) is 5.92 Å². The summed E-state index contributed by atoms with van der Waals surface area (Å²) in [6, 6.07) is 0.375. The summed E-state index contributed by atoms with van der Waals surface area (Å²) in [6.07, 6.45) is 5.40. The van der Waals surface area contributed by atoms with Gasteiger partial charge in [-0.05, 0) is 38.0 Å². The molecular formula is C12H24N2O2. The van der Waals surface area contributed by atoms with Crippen LogP contribution in [0.1, 0.15) is 39.0 Å². The molecule has 0 heterocycles. The van der Waals surface area contributed by atoms with Gasteiger partial charge in [0.25, 0.3) is 0 Å². The third kappa shape index (κ3) is 5.47.